The van der Waals surface area contributed by atoms with Gasteiger partial charge in [-0.25, -0.2) is 9.37 Å². The Bertz CT molecular complexity index is 1410. The number of hydrogen-bond acceptors (Lipinski definition) is 8. The Hall–Kier alpha value is -4.53. The minimum absolute atomic E-state index is 0.0189. The predicted molar refractivity (Wildman–Crippen MR) is 128 cm³/mol. The molecule has 0 unspecified atom stereocenters. The molecule has 1 aromatic carbocycles. The third-order valence-electron chi connectivity index (χ3n) is 5.61. The maximum atomic E-state index is 13.1. The Morgan fingerprint density at radius 1 is 1.22 bits per heavy atom. The van der Waals surface area contributed by atoms with E-state index in [9.17, 15) is 19.1 Å². The predicted octanol–water partition coefficient (Wildman–Crippen LogP) is 1.67. The van der Waals surface area contributed by atoms with Gasteiger partial charge in [0.2, 0.25) is 0 Å². The standard InChI is InChI=1S/C26H21FN4O6/c1-31-23-22(7-4-17(29-23)8-10-26(34)14-35-15-26)36-13-21(25(31)33)30-24(32)20-12-19(9-11-28-20)37-18-5-2-16(27)3-6-18/h2-7,9,11-12,21,34H,13-15H2,1H3,(H,30,32)/t21-/m0/s1. The number of benzene rings is 1. The zero-order valence-corrected chi connectivity index (χ0v) is 19.6. The first-order valence-corrected chi connectivity index (χ1v) is 11.2. The molecule has 1 fully saturated rings. The van der Waals surface area contributed by atoms with Crippen LogP contribution in [0.25, 0.3) is 0 Å². The molecule has 1 saturated heterocycles. The summed E-state index contributed by atoms with van der Waals surface area (Å²) in [6, 6.07) is 10.6. The average Bonchev–Trinajstić information content (AvgIpc) is 3.00. The summed E-state index contributed by atoms with van der Waals surface area (Å²) in [5.41, 5.74) is -0.838. The maximum absolute atomic E-state index is 13.1. The number of likely N-dealkylation sites (N-methyl/N-ethyl adjacent to an activating group) is 1. The highest BCUT2D eigenvalue weighted by Crippen LogP contribution is 2.29. The van der Waals surface area contributed by atoms with Gasteiger partial charge in [0.15, 0.2) is 17.2 Å². The number of nitrogens with zero attached hydrogens (tertiary/aromatic N) is 3. The van der Waals surface area contributed by atoms with Crippen LogP contribution in [0.15, 0.2) is 54.7 Å². The molecule has 0 saturated carbocycles. The van der Waals surface area contributed by atoms with E-state index in [0.29, 0.717) is 22.9 Å². The lowest BCUT2D eigenvalue weighted by atomic mass is 10.0. The normalized spacial score (nSPS) is 17.8. The monoisotopic (exact) mass is 504 g/mol. The van der Waals surface area contributed by atoms with Gasteiger partial charge < -0.3 is 24.6 Å². The molecule has 2 aliphatic heterocycles. The molecule has 188 valence electrons. The van der Waals surface area contributed by atoms with E-state index < -0.39 is 29.3 Å². The number of halogens is 1. The Kier molecular flexibility index (Phi) is 6.43. The van der Waals surface area contributed by atoms with Crippen molar-refractivity contribution in [3.63, 3.8) is 0 Å². The molecule has 37 heavy (non-hydrogen) atoms. The summed E-state index contributed by atoms with van der Waals surface area (Å²) in [6.07, 6.45) is 1.39. The van der Waals surface area contributed by atoms with Crippen molar-refractivity contribution in [2.45, 2.75) is 11.6 Å². The number of fused-ring (bicyclic) bond motifs is 1. The van der Waals surface area contributed by atoms with Crippen molar-refractivity contribution in [1.29, 1.82) is 0 Å². The molecule has 2 N–H and O–H groups in total. The number of carbonyl (C=O) groups excluding carboxylic acids is 2. The summed E-state index contributed by atoms with van der Waals surface area (Å²) in [5, 5.41) is 12.7. The highest BCUT2D eigenvalue weighted by atomic mass is 19.1. The number of nitrogens with one attached hydrogen (secondary N) is 1. The van der Waals surface area contributed by atoms with Gasteiger partial charge in [0.1, 0.15) is 41.4 Å². The zero-order valence-electron chi connectivity index (χ0n) is 19.6. The first-order chi connectivity index (χ1) is 17.8. The summed E-state index contributed by atoms with van der Waals surface area (Å²) >= 11 is 0. The Balaban J connectivity index is 1.28. The molecule has 2 amide bonds. The molecule has 0 spiro atoms. The number of pyridine rings is 2. The smallest absolute Gasteiger partial charge is 0.270 e. The van der Waals surface area contributed by atoms with Crippen LogP contribution in [0.5, 0.6) is 17.2 Å². The lowest BCUT2D eigenvalue weighted by Gasteiger charge is -2.30. The van der Waals surface area contributed by atoms with E-state index in [1.54, 1.807) is 18.2 Å². The van der Waals surface area contributed by atoms with Crippen molar-refractivity contribution in [3.8, 4) is 29.1 Å². The van der Waals surface area contributed by atoms with Gasteiger partial charge in [0.25, 0.3) is 11.8 Å². The molecule has 0 radical (unpaired) electrons. The molecular formula is C26H21FN4O6. The molecule has 3 aromatic rings. The lowest BCUT2D eigenvalue weighted by Crippen LogP contribution is -2.49. The largest absolute Gasteiger partial charge is 0.487 e. The number of aromatic nitrogens is 2. The molecule has 2 aromatic heterocycles. The number of ether oxygens (including phenoxy) is 3. The van der Waals surface area contributed by atoms with Crippen LogP contribution < -0.4 is 19.7 Å². The molecule has 4 heterocycles. The molecule has 1 atom stereocenters. The summed E-state index contributed by atoms with van der Waals surface area (Å²) in [6.45, 7) is 0.130. The van der Waals surface area contributed by atoms with Gasteiger partial charge in [-0.15, -0.1) is 0 Å². The number of amides is 2. The second-order valence-electron chi connectivity index (χ2n) is 8.46. The van der Waals surface area contributed by atoms with Crippen LogP contribution in [0.1, 0.15) is 16.2 Å². The van der Waals surface area contributed by atoms with Gasteiger partial charge in [-0.05, 0) is 48.4 Å². The van der Waals surface area contributed by atoms with Crippen LogP contribution in [0.3, 0.4) is 0 Å². The fourth-order valence-corrected chi connectivity index (χ4v) is 3.56. The van der Waals surface area contributed by atoms with Crippen molar-refractivity contribution in [1.82, 2.24) is 15.3 Å². The van der Waals surface area contributed by atoms with Crippen molar-refractivity contribution >= 4 is 17.6 Å². The van der Waals surface area contributed by atoms with Crippen LogP contribution in [0, 0.1) is 17.7 Å². The Labute approximate surface area is 211 Å². The molecule has 2 aliphatic rings. The second kappa shape index (κ2) is 9.85. The summed E-state index contributed by atoms with van der Waals surface area (Å²) < 4.78 is 29.5. The van der Waals surface area contributed by atoms with E-state index in [1.165, 1.54) is 48.5 Å². The topological polar surface area (TPSA) is 123 Å². The third kappa shape index (κ3) is 5.35. The van der Waals surface area contributed by atoms with Crippen molar-refractivity contribution in [2.24, 2.45) is 0 Å². The van der Waals surface area contributed by atoms with E-state index in [-0.39, 0.29) is 31.3 Å². The summed E-state index contributed by atoms with van der Waals surface area (Å²) in [5.74, 6) is 5.33. The highest BCUT2D eigenvalue weighted by Gasteiger charge is 2.34. The first kappa shape index (κ1) is 24.2. The molecule has 10 nitrogen and oxygen atoms in total. The van der Waals surface area contributed by atoms with Gasteiger partial charge in [-0.2, -0.15) is 0 Å². The fourth-order valence-electron chi connectivity index (χ4n) is 3.56. The van der Waals surface area contributed by atoms with Gasteiger partial charge in [-0.3, -0.25) is 19.5 Å². The van der Waals surface area contributed by atoms with Crippen LogP contribution in [-0.4, -0.2) is 65.4 Å². The second-order valence-corrected chi connectivity index (χ2v) is 8.46. The molecule has 0 aliphatic carbocycles. The van der Waals surface area contributed by atoms with E-state index in [1.807, 2.05) is 0 Å². The van der Waals surface area contributed by atoms with Gasteiger partial charge in [-0.1, -0.05) is 5.92 Å². The zero-order chi connectivity index (χ0) is 26.0. The molecular weight excluding hydrogens is 483 g/mol. The SMILES string of the molecule is CN1C(=O)[C@@H](NC(=O)c2cc(Oc3ccc(F)cc3)ccn2)COc2ccc(C#CC3(O)COC3)nc21. The van der Waals surface area contributed by atoms with Crippen LogP contribution in [0.4, 0.5) is 10.2 Å². The first-order valence-electron chi connectivity index (χ1n) is 11.2. The molecule has 0 bridgehead atoms. The number of rotatable bonds is 4. The average molecular weight is 504 g/mol. The van der Waals surface area contributed by atoms with Crippen molar-refractivity contribution in [2.75, 3.05) is 31.8 Å². The minimum atomic E-state index is -1.20. The van der Waals surface area contributed by atoms with Gasteiger partial charge in [0.05, 0.1) is 13.2 Å². The maximum Gasteiger partial charge on any atom is 0.270 e. The van der Waals surface area contributed by atoms with E-state index in [0.717, 1.165) is 0 Å². The van der Waals surface area contributed by atoms with Crippen LogP contribution in [0.2, 0.25) is 0 Å². The highest BCUT2D eigenvalue weighted by molar-refractivity contribution is 6.02. The number of aliphatic hydroxyl groups is 1. The number of hydrogen-bond donors (Lipinski definition) is 2. The Morgan fingerprint density at radius 2 is 2.00 bits per heavy atom. The van der Waals surface area contributed by atoms with E-state index in [4.69, 9.17) is 14.2 Å². The number of carbonyl (C=O) groups is 2. The molecule has 5 rings (SSSR count). The van der Waals surface area contributed by atoms with Gasteiger partial charge in [0, 0.05) is 19.3 Å². The summed E-state index contributed by atoms with van der Waals surface area (Å²) in [7, 11) is 1.52. The van der Waals surface area contributed by atoms with E-state index >= 15 is 0 Å². The third-order valence-corrected chi connectivity index (χ3v) is 5.61. The number of anilines is 1. The van der Waals surface area contributed by atoms with Crippen molar-refractivity contribution in [3.05, 3.63) is 71.9 Å². The van der Waals surface area contributed by atoms with Gasteiger partial charge >= 0.3 is 0 Å². The lowest BCUT2D eigenvalue weighted by molar-refractivity contribution is -0.140. The van der Waals surface area contributed by atoms with E-state index in [2.05, 4.69) is 27.1 Å². The van der Waals surface area contributed by atoms with Crippen molar-refractivity contribution < 1.29 is 33.3 Å². The Morgan fingerprint density at radius 3 is 2.73 bits per heavy atom. The van der Waals surface area contributed by atoms with Crippen LogP contribution >= 0.6 is 0 Å². The summed E-state index contributed by atoms with van der Waals surface area (Å²) in [4.78, 5) is 35.7. The quantitative estimate of drug-likeness (QED) is 0.515. The minimum Gasteiger partial charge on any atom is -0.487 e. The molecule has 11 heteroatoms. The van der Waals surface area contributed by atoms with Crippen LogP contribution in [-0.2, 0) is 9.53 Å². The fraction of sp³-hybridized carbons (Fsp3) is 0.231.